The van der Waals surface area contributed by atoms with E-state index in [4.69, 9.17) is 23.4 Å². The fraction of sp³-hybridized carbons (Fsp3) is 0.464. The Bertz CT molecular complexity index is 1550. The summed E-state index contributed by atoms with van der Waals surface area (Å²) in [6, 6.07) is 5.93. The Balaban J connectivity index is 1.74. The molecule has 2 saturated heterocycles. The quantitative estimate of drug-likeness (QED) is 0.131. The molecule has 5 rings (SSSR count). The van der Waals surface area contributed by atoms with Crippen LogP contribution in [0.5, 0.6) is 23.0 Å². The van der Waals surface area contributed by atoms with Crippen molar-refractivity contribution in [3.05, 3.63) is 46.1 Å². The van der Waals surface area contributed by atoms with Gasteiger partial charge in [-0.3, -0.25) is 4.79 Å². The zero-order chi connectivity index (χ0) is 32.0. The summed E-state index contributed by atoms with van der Waals surface area (Å²) in [5, 5.41) is 103. The van der Waals surface area contributed by atoms with Gasteiger partial charge < -0.3 is 74.4 Å². The number of hydrogen-bond donors (Lipinski definition) is 10. The van der Waals surface area contributed by atoms with E-state index in [9.17, 15) is 55.9 Å². The minimum absolute atomic E-state index is 0.0296. The second kappa shape index (κ2) is 12.4. The summed E-state index contributed by atoms with van der Waals surface area (Å²) in [6.45, 7) is -1.61. The lowest BCUT2D eigenvalue weighted by Gasteiger charge is -2.42. The molecule has 2 aliphatic rings. The first kappa shape index (κ1) is 31.9. The van der Waals surface area contributed by atoms with E-state index in [-0.39, 0.29) is 28.4 Å². The SMILES string of the molecule is COc1cc(-c2cc(=O)c3c(O)cc(O[C@@H]4O[C@H](CO)[C@@H](O)[C@H](O)[C@H]4O)c([C@H]4O[C@H](CO)[C@@H](O)[C@H](O)[C@H]4O)c3o2)ccc1O. The molecule has 0 aliphatic carbocycles. The first-order chi connectivity index (χ1) is 20.9. The monoisotopic (exact) mass is 624 g/mol. The lowest BCUT2D eigenvalue weighted by atomic mass is 9.89. The first-order valence-electron chi connectivity index (χ1n) is 13.4. The van der Waals surface area contributed by atoms with E-state index in [1.165, 1.54) is 25.3 Å². The van der Waals surface area contributed by atoms with Crippen LogP contribution >= 0.6 is 0 Å². The highest BCUT2D eigenvalue weighted by molar-refractivity contribution is 5.90. The Hall–Kier alpha value is -3.55. The molecule has 0 spiro atoms. The van der Waals surface area contributed by atoms with Gasteiger partial charge in [0.15, 0.2) is 22.5 Å². The average molecular weight is 625 g/mol. The van der Waals surface area contributed by atoms with Crippen molar-refractivity contribution >= 4 is 11.0 Å². The normalized spacial score (nSPS) is 32.5. The zero-order valence-corrected chi connectivity index (χ0v) is 23.0. The third-order valence-corrected chi connectivity index (χ3v) is 7.71. The number of fused-ring (bicyclic) bond motifs is 1. The van der Waals surface area contributed by atoms with E-state index >= 15 is 0 Å². The largest absolute Gasteiger partial charge is 0.507 e. The Morgan fingerprint density at radius 1 is 0.750 bits per heavy atom. The molecule has 2 aliphatic heterocycles. The fourth-order valence-corrected chi connectivity index (χ4v) is 5.28. The Morgan fingerprint density at radius 3 is 2.02 bits per heavy atom. The van der Waals surface area contributed by atoms with Crippen LogP contribution in [0.4, 0.5) is 0 Å². The first-order valence-corrected chi connectivity index (χ1v) is 13.4. The molecule has 240 valence electrons. The van der Waals surface area contributed by atoms with Crippen LogP contribution < -0.4 is 14.9 Å². The fourth-order valence-electron chi connectivity index (χ4n) is 5.28. The number of ether oxygens (including phenoxy) is 4. The number of hydrogen-bond acceptors (Lipinski definition) is 16. The number of rotatable bonds is 7. The number of benzene rings is 2. The predicted molar refractivity (Wildman–Crippen MR) is 145 cm³/mol. The van der Waals surface area contributed by atoms with E-state index in [1.54, 1.807) is 0 Å². The maximum Gasteiger partial charge on any atom is 0.229 e. The maximum absolute atomic E-state index is 13.4. The number of phenols is 2. The standard InChI is InChI=1S/C28H32O16/c1-40-14-4-9(2-3-10(14)31)13-5-11(32)18-12(33)6-15(43-28-25(39)23(37)21(35)17(8-30)44-28)19(26(18)41-13)27-24(38)22(36)20(34)16(7-29)42-27/h2-6,16-17,20-25,27-31,33-39H,7-8H2,1H3/t16-,17-,20-,21-,22+,23+,24-,25-,27-,28-/m1/s1. The van der Waals surface area contributed by atoms with Crippen molar-refractivity contribution < 1.29 is 74.4 Å². The molecule has 44 heavy (non-hydrogen) atoms. The lowest BCUT2D eigenvalue weighted by molar-refractivity contribution is -0.278. The van der Waals surface area contributed by atoms with Crippen molar-refractivity contribution in [1.29, 1.82) is 0 Å². The van der Waals surface area contributed by atoms with Gasteiger partial charge in [0, 0.05) is 17.7 Å². The number of aliphatic hydroxyl groups is 8. The summed E-state index contributed by atoms with van der Waals surface area (Å²) in [5.74, 6) is -1.50. The minimum Gasteiger partial charge on any atom is -0.507 e. The van der Waals surface area contributed by atoms with E-state index in [0.717, 1.165) is 12.1 Å². The van der Waals surface area contributed by atoms with E-state index < -0.39 is 102 Å². The van der Waals surface area contributed by atoms with Crippen molar-refractivity contribution in [2.75, 3.05) is 20.3 Å². The smallest absolute Gasteiger partial charge is 0.229 e. The average Bonchev–Trinajstić information content (AvgIpc) is 3.00. The summed E-state index contributed by atoms with van der Waals surface area (Å²) in [7, 11) is 1.30. The molecule has 16 heteroatoms. The number of aromatic hydroxyl groups is 2. The Labute approximate surface area is 247 Å². The predicted octanol–water partition coefficient (Wildman–Crippen LogP) is -2.43. The summed E-state index contributed by atoms with van der Waals surface area (Å²) in [4.78, 5) is 13.4. The lowest BCUT2D eigenvalue weighted by Crippen LogP contribution is -2.60. The molecule has 1 aromatic heterocycles. The van der Waals surface area contributed by atoms with Crippen LogP contribution in [0.3, 0.4) is 0 Å². The molecule has 2 aromatic carbocycles. The van der Waals surface area contributed by atoms with Gasteiger partial charge in [-0.05, 0) is 18.2 Å². The highest BCUT2D eigenvalue weighted by Gasteiger charge is 2.48. The summed E-state index contributed by atoms with van der Waals surface area (Å²) < 4.78 is 28.1. The van der Waals surface area contributed by atoms with Crippen molar-refractivity contribution in [3.63, 3.8) is 0 Å². The van der Waals surface area contributed by atoms with Gasteiger partial charge >= 0.3 is 0 Å². The molecule has 10 N–H and O–H groups in total. The molecule has 0 amide bonds. The third-order valence-electron chi connectivity index (χ3n) is 7.71. The van der Waals surface area contributed by atoms with Crippen molar-refractivity contribution in [1.82, 2.24) is 0 Å². The van der Waals surface area contributed by atoms with E-state index in [1.807, 2.05) is 0 Å². The number of phenolic OH excluding ortho intramolecular Hbond substituents is 2. The van der Waals surface area contributed by atoms with Crippen molar-refractivity contribution in [2.45, 2.75) is 61.2 Å². The van der Waals surface area contributed by atoms with Crippen molar-refractivity contribution in [2.24, 2.45) is 0 Å². The Morgan fingerprint density at radius 2 is 1.39 bits per heavy atom. The highest BCUT2D eigenvalue weighted by Crippen LogP contribution is 2.45. The second-order valence-electron chi connectivity index (χ2n) is 10.4. The van der Waals surface area contributed by atoms with E-state index in [0.29, 0.717) is 0 Å². The van der Waals surface area contributed by atoms with Gasteiger partial charge in [-0.1, -0.05) is 0 Å². The van der Waals surface area contributed by atoms with Crippen LogP contribution in [0.2, 0.25) is 0 Å². The number of methoxy groups -OCH3 is 1. The molecule has 16 nitrogen and oxygen atoms in total. The van der Waals surface area contributed by atoms with E-state index in [2.05, 4.69) is 0 Å². The summed E-state index contributed by atoms with van der Waals surface area (Å²) in [5.41, 5.74) is -1.38. The van der Waals surface area contributed by atoms with Crippen LogP contribution in [-0.2, 0) is 9.47 Å². The third kappa shape index (κ3) is 5.45. The molecule has 3 heterocycles. The van der Waals surface area contributed by atoms with Gasteiger partial charge in [0.1, 0.15) is 77.6 Å². The molecule has 0 unspecified atom stereocenters. The van der Waals surface area contributed by atoms with Gasteiger partial charge in [-0.2, -0.15) is 0 Å². The van der Waals surface area contributed by atoms with Gasteiger partial charge in [0.05, 0.1) is 25.9 Å². The second-order valence-corrected chi connectivity index (χ2v) is 10.4. The topological polar surface area (TPSA) is 269 Å². The van der Waals surface area contributed by atoms with Gasteiger partial charge in [-0.25, -0.2) is 0 Å². The maximum atomic E-state index is 13.4. The summed E-state index contributed by atoms with van der Waals surface area (Å²) in [6.07, 6.45) is -17.5. The summed E-state index contributed by atoms with van der Waals surface area (Å²) >= 11 is 0. The van der Waals surface area contributed by atoms with Crippen LogP contribution in [0, 0.1) is 0 Å². The molecular formula is C28H32O16. The molecule has 10 atom stereocenters. The van der Waals surface area contributed by atoms with Crippen molar-refractivity contribution in [3.8, 4) is 34.3 Å². The minimum atomic E-state index is -1.94. The van der Waals surface area contributed by atoms with Crippen LogP contribution in [0.15, 0.2) is 39.5 Å². The molecular weight excluding hydrogens is 592 g/mol. The molecule has 0 radical (unpaired) electrons. The van der Waals surface area contributed by atoms with Gasteiger partial charge in [0.2, 0.25) is 6.29 Å². The van der Waals surface area contributed by atoms with Gasteiger partial charge in [0.25, 0.3) is 0 Å². The molecule has 2 fully saturated rings. The van der Waals surface area contributed by atoms with Gasteiger partial charge in [-0.15, -0.1) is 0 Å². The van der Waals surface area contributed by atoms with Crippen LogP contribution in [0.1, 0.15) is 11.7 Å². The Kier molecular flexibility index (Phi) is 9.01. The molecule has 3 aromatic rings. The highest BCUT2D eigenvalue weighted by atomic mass is 16.7. The number of aliphatic hydroxyl groups excluding tert-OH is 8. The van der Waals surface area contributed by atoms with Crippen LogP contribution in [0.25, 0.3) is 22.3 Å². The van der Waals surface area contributed by atoms with Crippen LogP contribution in [-0.4, -0.2) is 127 Å². The molecule has 0 saturated carbocycles. The zero-order valence-electron chi connectivity index (χ0n) is 23.0. The molecule has 0 bridgehead atoms.